The summed E-state index contributed by atoms with van der Waals surface area (Å²) in [5.41, 5.74) is 2.60. The van der Waals surface area contributed by atoms with Crippen LogP contribution in [0.3, 0.4) is 0 Å². The summed E-state index contributed by atoms with van der Waals surface area (Å²) < 4.78 is 0. The van der Waals surface area contributed by atoms with Crippen LogP contribution in [-0.4, -0.2) is 6.29 Å². The van der Waals surface area contributed by atoms with Crippen LogP contribution in [0.2, 0.25) is 0 Å². The Morgan fingerprint density at radius 2 is 1.71 bits per heavy atom. The normalized spacial score (nSPS) is 12.9. The molecule has 0 saturated heterocycles. The highest BCUT2D eigenvalue weighted by molar-refractivity contribution is 5.53. The van der Waals surface area contributed by atoms with E-state index >= 15 is 0 Å². The van der Waals surface area contributed by atoms with Crippen LogP contribution < -0.4 is 0 Å². The molecule has 0 fully saturated rings. The summed E-state index contributed by atoms with van der Waals surface area (Å²) >= 11 is 0. The molecule has 0 bridgehead atoms. The fourth-order valence-electron chi connectivity index (χ4n) is 1.46. The number of carbonyl (C=O) groups excluding carboxylic acids is 1. The molecule has 0 amide bonds. The zero-order valence-corrected chi connectivity index (χ0v) is 9.16. The Balaban J connectivity index is 2.68. The molecule has 0 aliphatic heterocycles. The standard InChI is InChI=1S/C13H18O/c1-10(2)13-6-4-12(5-7-13)8-11(3)9-14/h4-7,9-11H,8H2,1-3H3/t11-/m1/s1. The van der Waals surface area contributed by atoms with Gasteiger partial charge in [-0.2, -0.15) is 0 Å². The van der Waals surface area contributed by atoms with Crippen molar-refractivity contribution in [3.63, 3.8) is 0 Å². The highest BCUT2D eigenvalue weighted by atomic mass is 16.1. The Morgan fingerprint density at radius 1 is 1.14 bits per heavy atom. The summed E-state index contributed by atoms with van der Waals surface area (Å²) in [7, 11) is 0. The molecule has 0 aliphatic rings. The smallest absolute Gasteiger partial charge is 0.123 e. The van der Waals surface area contributed by atoms with Crippen molar-refractivity contribution in [2.24, 2.45) is 5.92 Å². The van der Waals surface area contributed by atoms with Crippen molar-refractivity contribution < 1.29 is 4.79 Å². The van der Waals surface area contributed by atoms with E-state index in [9.17, 15) is 4.79 Å². The highest BCUT2D eigenvalue weighted by Crippen LogP contribution is 2.16. The molecule has 1 rings (SSSR count). The molecular weight excluding hydrogens is 172 g/mol. The Labute approximate surface area is 86.1 Å². The molecule has 0 unspecified atom stereocenters. The van der Waals surface area contributed by atoms with Gasteiger partial charge in [0.15, 0.2) is 0 Å². The van der Waals surface area contributed by atoms with Crippen LogP contribution in [0.15, 0.2) is 24.3 Å². The Kier molecular flexibility index (Phi) is 3.87. The molecule has 1 nitrogen and oxygen atoms in total. The Hall–Kier alpha value is -1.11. The van der Waals surface area contributed by atoms with E-state index in [0.717, 1.165) is 12.7 Å². The van der Waals surface area contributed by atoms with Crippen molar-refractivity contribution in [2.75, 3.05) is 0 Å². The quantitative estimate of drug-likeness (QED) is 0.666. The first-order valence-corrected chi connectivity index (χ1v) is 5.17. The molecule has 0 N–H and O–H groups in total. The molecule has 0 aliphatic carbocycles. The molecule has 1 aromatic carbocycles. The van der Waals surface area contributed by atoms with Gasteiger partial charge in [-0.15, -0.1) is 0 Å². The molecule has 0 saturated carbocycles. The third-order valence-corrected chi connectivity index (χ3v) is 2.44. The predicted octanol–water partition coefficient (Wildman–Crippen LogP) is 3.19. The maximum absolute atomic E-state index is 10.5. The minimum Gasteiger partial charge on any atom is -0.303 e. The van der Waals surface area contributed by atoms with Crippen molar-refractivity contribution in [1.29, 1.82) is 0 Å². The van der Waals surface area contributed by atoms with Crippen molar-refractivity contribution >= 4 is 6.29 Å². The average molecular weight is 190 g/mol. The van der Waals surface area contributed by atoms with Crippen LogP contribution in [0.4, 0.5) is 0 Å². The predicted molar refractivity (Wildman–Crippen MR) is 59.5 cm³/mol. The second-order valence-electron chi connectivity index (χ2n) is 4.21. The summed E-state index contributed by atoms with van der Waals surface area (Å²) in [6.45, 7) is 6.31. The Morgan fingerprint density at radius 3 is 2.14 bits per heavy atom. The van der Waals surface area contributed by atoms with E-state index in [1.54, 1.807) is 0 Å². The first-order valence-electron chi connectivity index (χ1n) is 5.17. The van der Waals surface area contributed by atoms with Gasteiger partial charge in [-0.1, -0.05) is 45.0 Å². The summed E-state index contributed by atoms with van der Waals surface area (Å²) in [5.74, 6) is 0.701. The van der Waals surface area contributed by atoms with Gasteiger partial charge in [0.2, 0.25) is 0 Å². The fourth-order valence-corrected chi connectivity index (χ4v) is 1.46. The summed E-state index contributed by atoms with van der Waals surface area (Å²) in [6.07, 6.45) is 1.86. The van der Waals surface area contributed by atoms with Crippen molar-refractivity contribution in [2.45, 2.75) is 33.1 Å². The topological polar surface area (TPSA) is 17.1 Å². The molecule has 0 aromatic heterocycles. The molecule has 1 aromatic rings. The van der Waals surface area contributed by atoms with E-state index in [0.29, 0.717) is 5.92 Å². The van der Waals surface area contributed by atoms with Gasteiger partial charge < -0.3 is 4.79 Å². The minimum atomic E-state index is 0.125. The van der Waals surface area contributed by atoms with Gasteiger partial charge in [-0.25, -0.2) is 0 Å². The maximum Gasteiger partial charge on any atom is 0.123 e. The fraction of sp³-hybridized carbons (Fsp3) is 0.462. The second-order valence-corrected chi connectivity index (χ2v) is 4.21. The number of carbonyl (C=O) groups is 1. The second kappa shape index (κ2) is 4.94. The third-order valence-electron chi connectivity index (χ3n) is 2.44. The third kappa shape index (κ3) is 2.99. The maximum atomic E-state index is 10.5. The van der Waals surface area contributed by atoms with E-state index in [2.05, 4.69) is 38.1 Å². The Bertz CT molecular complexity index is 285. The molecule has 1 heteroatoms. The van der Waals surface area contributed by atoms with Gasteiger partial charge in [-0.3, -0.25) is 0 Å². The molecule has 0 spiro atoms. The lowest BCUT2D eigenvalue weighted by molar-refractivity contribution is -0.110. The SMILES string of the molecule is CC(C)c1ccc(C[C@@H](C)C=O)cc1. The molecule has 0 radical (unpaired) electrons. The lowest BCUT2D eigenvalue weighted by atomic mass is 9.98. The van der Waals surface area contributed by atoms with Gasteiger partial charge in [0.05, 0.1) is 0 Å². The van der Waals surface area contributed by atoms with E-state index in [4.69, 9.17) is 0 Å². The average Bonchev–Trinajstić information content (AvgIpc) is 2.18. The van der Waals surface area contributed by atoms with E-state index in [1.165, 1.54) is 11.1 Å². The van der Waals surface area contributed by atoms with Crippen molar-refractivity contribution in [3.8, 4) is 0 Å². The summed E-state index contributed by atoms with van der Waals surface area (Å²) in [5, 5.41) is 0. The van der Waals surface area contributed by atoms with Gasteiger partial charge in [0.1, 0.15) is 6.29 Å². The largest absolute Gasteiger partial charge is 0.303 e. The van der Waals surface area contributed by atoms with Gasteiger partial charge in [0.25, 0.3) is 0 Å². The first kappa shape index (κ1) is 11.0. The van der Waals surface area contributed by atoms with E-state index in [1.807, 2.05) is 6.92 Å². The molecular formula is C13H18O. The van der Waals surface area contributed by atoms with Crippen LogP contribution >= 0.6 is 0 Å². The zero-order valence-electron chi connectivity index (χ0n) is 9.16. The number of aldehydes is 1. The van der Waals surface area contributed by atoms with Gasteiger partial charge >= 0.3 is 0 Å². The number of benzene rings is 1. The van der Waals surface area contributed by atoms with Crippen LogP contribution in [0, 0.1) is 5.92 Å². The van der Waals surface area contributed by atoms with Crippen LogP contribution in [0.1, 0.15) is 37.8 Å². The monoisotopic (exact) mass is 190 g/mol. The lowest BCUT2D eigenvalue weighted by Crippen LogP contribution is -2.00. The van der Waals surface area contributed by atoms with Crippen LogP contribution in [-0.2, 0) is 11.2 Å². The molecule has 1 atom stereocenters. The van der Waals surface area contributed by atoms with Crippen LogP contribution in [0.25, 0.3) is 0 Å². The number of hydrogen-bond acceptors (Lipinski definition) is 1. The molecule has 76 valence electrons. The van der Waals surface area contributed by atoms with Gasteiger partial charge in [0, 0.05) is 5.92 Å². The van der Waals surface area contributed by atoms with Gasteiger partial charge in [-0.05, 0) is 23.5 Å². The van der Waals surface area contributed by atoms with Crippen molar-refractivity contribution in [1.82, 2.24) is 0 Å². The zero-order chi connectivity index (χ0) is 10.6. The van der Waals surface area contributed by atoms with Crippen molar-refractivity contribution in [3.05, 3.63) is 35.4 Å². The number of hydrogen-bond donors (Lipinski definition) is 0. The number of rotatable bonds is 4. The summed E-state index contributed by atoms with van der Waals surface area (Å²) in [4.78, 5) is 10.5. The minimum absolute atomic E-state index is 0.125. The van der Waals surface area contributed by atoms with Crippen LogP contribution in [0.5, 0.6) is 0 Å². The van der Waals surface area contributed by atoms with E-state index < -0.39 is 0 Å². The summed E-state index contributed by atoms with van der Waals surface area (Å²) in [6, 6.07) is 8.54. The lowest BCUT2D eigenvalue weighted by Gasteiger charge is -2.07. The van der Waals surface area contributed by atoms with E-state index in [-0.39, 0.29) is 5.92 Å². The molecule has 0 heterocycles. The highest BCUT2D eigenvalue weighted by Gasteiger charge is 2.02. The first-order chi connectivity index (χ1) is 6.63. The molecule has 14 heavy (non-hydrogen) atoms.